The van der Waals surface area contributed by atoms with E-state index in [1.54, 1.807) is 27.7 Å². The quantitative estimate of drug-likeness (QED) is 0.532. The number of aryl methyl sites for hydroxylation is 1. The van der Waals surface area contributed by atoms with Crippen LogP contribution in [0.4, 0.5) is 8.78 Å². The minimum Gasteiger partial charge on any atom is -0.466 e. The van der Waals surface area contributed by atoms with Crippen molar-refractivity contribution in [3.8, 4) is 0 Å². The Morgan fingerprint density at radius 3 is 2.58 bits per heavy atom. The number of fused-ring (bicyclic) bond motifs is 1. The number of piperidine rings is 1. The molecule has 2 aromatic heterocycles. The normalized spacial score (nSPS) is 14.9. The van der Waals surface area contributed by atoms with Crippen LogP contribution in [0, 0.1) is 24.5 Å². The molecule has 0 aliphatic carbocycles. The van der Waals surface area contributed by atoms with Crippen LogP contribution in [0.2, 0.25) is 0 Å². The number of hydrogen-bond acceptors (Lipinski definition) is 4. The van der Waals surface area contributed by atoms with Gasteiger partial charge < -0.3 is 14.2 Å². The number of likely N-dealkylation sites (tertiary alicyclic amines) is 1. The minimum atomic E-state index is -0.637. The molecule has 5 nitrogen and oxygen atoms in total. The summed E-state index contributed by atoms with van der Waals surface area (Å²) in [6, 6.07) is 7.31. The summed E-state index contributed by atoms with van der Waals surface area (Å²) < 4.78 is 35.5. The zero-order valence-corrected chi connectivity index (χ0v) is 18.3. The van der Waals surface area contributed by atoms with Gasteiger partial charge in [-0.15, -0.1) is 11.3 Å². The van der Waals surface area contributed by atoms with Gasteiger partial charge >= 0.3 is 5.97 Å². The lowest BCUT2D eigenvalue weighted by atomic mass is 9.97. The van der Waals surface area contributed by atoms with Crippen LogP contribution < -0.4 is 0 Å². The maximum Gasteiger partial charge on any atom is 0.309 e. The summed E-state index contributed by atoms with van der Waals surface area (Å²) in [6.45, 7) is 5.17. The molecule has 3 heterocycles. The Morgan fingerprint density at radius 1 is 1.16 bits per heavy atom. The maximum atomic E-state index is 14.3. The summed E-state index contributed by atoms with van der Waals surface area (Å²) in [4.78, 5) is 28.2. The summed E-state index contributed by atoms with van der Waals surface area (Å²) in [5.41, 5.74) is 1.65. The summed E-state index contributed by atoms with van der Waals surface area (Å²) in [5.74, 6) is -1.81. The Hall–Kier alpha value is -2.74. The zero-order chi connectivity index (χ0) is 22.1. The highest BCUT2D eigenvalue weighted by Gasteiger charge is 2.30. The van der Waals surface area contributed by atoms with E-state index in [0.29, 0.717) is 43.8 Å². The average Bonchev–Trinajstić information content (AvgIpc) is 3.26. The summed E-state index contributed by atoms with van der Waals surface area (Å²) in [5, 5.41) is 0. The van der Waals surface area contributed by atoms with E-state index in [0.717, 1.165) is 21.2 Å². The molecule has 8 heteroatoms. The first-order valence-electron chi connectivity index (χ1n) is 10.4. The van der Waals surface area contributed by atoms with Crippen LogP contribution in [0.1, 0.15) is 40.7 Å². The predicted molar refractivity (Wildman–Crippen MR) is 115 cm³/mol. The van der Waals surface area contributed by atoms with Crippen molar-refractivity contribution in [3.63, 3.8) is 0 Å². The molecule has 164 valence electrons. The lowest BCUT2D eigenvalue weighted by molar-refractivity contribution is -0.149. The number of nitrogens with zero attached hydrogens (tertiary/aromatic N) is 2. The van der Waals surface area contributed by atoms with Crippen LogP contribution in [0.5, 0.6) is 0 Å². The zero-order valence-electron chi connectivity index (χ0n) is 17.5. The Bertz CT molecular complexity index is 1130. The smallest absolute Gasteiger partial charge is 0.309 e. The van der Waals surface area contributed by atoms with Crippen molar-refractivity contribution < 1.29 is 23.1 Å². The first kappa shape index (κ1) is 21.5. The first-order chi connectivity index (χ1) is 14.9. The van der Waals surface area contributed by atoms with E-state index >= 15 is 0 Å². The number of benzene rings is 1. The van der Waals surface area contributed by atoms with E-state index in [9.17, 15) is 18.4 Å². The van der Waals surface area contributed by atoms with Gasteiger partial charge in [-0.1, -0.05) is 6.07 Å². The van der Waals surface area contributed by atoms with Crippen LogP contribution in [0.25, 0.3) is 10.2 Å². The molecule has 0 N–H and O–H groups in total. The molecule has 1 aromatic carbocycles. The fourth-order valence-electron chi connectivity index (χ4n) is 4.07. The minimum absolute atomic E-state index is 0.131. The summed E-state index contributed by atoms with van der Waals surface area (Å²) in [6.07, 6.45) is 1.12. The number of carbonyl (C=O) groups is 2. The number of aromatic nitrogens is 1. The van der Waals surface area contributed by atoms with Gasteiger partial charge in [0.2, 0.25) is 0 Å². The molecule has 1 saturated heterocycles. The molecule has 1 aliphatic heterocycles. The molecule has 1 fully saturated rings. The maximum absolute atomic E-state index is 14.3. The highest BCUT2D eigenvalue weighted by molar-refractivity contribution is 7.19. The van der Waals surface area contributed by atoms with E-state index in [1.165, 1.54) is 12.1 Å². The Balaban J connectivity index is 1.60. The second-order valence-electron chi connectivity index (χ2n) is 7.78. The lowest BCUT2D eigenvalue weighted by Crippen LogP contribution is -2.41. The molecule has 31 heavy (non-hydrogen) atoms. The number of halogens is 2. The van der Waals surface area contributed by atoms with Gasteiger partial charge in [-0.05, 0) is 44.9 Å². The van der Waals surface area contributed by atoms with Crippen molar-refractivity contribution in [3.05, 3.63) is 58.1 Å². The van der Waals surface area contributed by atoms with E-state index in [2.05, 4.69) is 0 Å². The molecule has 0 bridgehead atoms. The molecule has 1 amide bonds. The van der Waals surface area contributed by atoms with Crippen molar-refractivity contribution >= 4 is 33.4 Å². The molecule has 4 rings (SSSR count). The SMILES string of the molecule is CCOC(=O)C1CCN(C(=O)c2cc3sc(C)cc3n2Cc2ccc(F)cc2F)CC1. The highest BCUT2D eigenvalue weighted by Crippen LogP contribution is 2.31. The van der Waals surface area contributed by atoms with E-state index in [4.69, 9.17) is 4.74 Å². The number of carbonyl (C=O) groups excluding carboxylic acids is 2. The van der Waals surface area contributed by atoms with Gasteiger partial charge in [0.15, 0.2) is 0 Å². The van der Waals surface area contributed by atoms with Gasteiger partial charge in [-0.3, -0.25) is 9.59 Å². The van der Waals surface area contributed by atoms with Crippen LogP contribution in [0.3, 0.4) is 0 Å². The van der Waals surface area contributed by atoms with Gasteiger partial charge in [0.25, 0.3) is 5.91 Å². The number of thiophene rings is 1. The number of ether oxygens (including phenoxy) is 1. The fourth-order valence-corrected chi connectivity index (χ4v) is 5.03. The van der Waals surface area contributed by atoms with Gasteiger partial charge in [-0.25, -0.2) is 8.78 Å². The second-order valence-corrected chi connectivity index (χ2v) is 9.06. The van der Waals surface area contributed by atoms with E-state index in [1.807, 2.05) is 19.1 Å². The predicted octanol–water partition coefficient (Wildman–Crippen LogP) is 4.75. The molecular formula is C23H24F2N2O3S. The molecule has 0 saturated carbocycles. The monoisotopic (exact) mass is 446 g/mol. The molecule has 1 aliphatic rings. The standard InChI is InChI=1S/C23H24F2N2O3S/c1-3-30-23(29)15-6-8-26(9-7-15)22(28)20-12-21-19(10-14(2)31-21)27(20)13-16-4-5-17(24)11-18(16)25/h4-5,10-12,15H,3,6-9,13H2,1-2H3. The van der Waals surface area contributed by atoms with Gasteiger partial charge in [0.05, 0.1) is 29.3 Å². The lowest BCUT2D eigenvalue weighted by Gasteiger charge is -2.31. The Morgan fingerprint density at radius 2 is 1.90 bits per heavy atom. The largest absolute Gasteiger partial charge is 0.466 e. The number of hydrogen-bond donors (Lipinski definition) is 0. The topological polar surface area (TPSA) is 51.5 Å². The number of rotatable bonds is 5. The average molecular weight is 447 g/mol. The Labute approximate surface area is 183 Å². The van der Waals surface area contributed by atoms with Crippen LogP contribution >= 0.6 is 11.3 Å². The summed E-state index contributed by atoms with van der Waals surface area (Å²) >= 11 is 1.57. The van der Waals surface area contributed by atoms with Crippen molar-refractivity contribution in [1.29, 1.82) is 0 Å². The first-order valence-corrected chi connectivity index (χ1v) is 11.2. The van der Waals surface area contributed by atoms with Crippen LogP contribution in [-0.2, 0) is 16.1 Å². The number of esters is 1. The van der Waals surface area contributed by atoms with Crippen LogP contribution in [-0.4, -0.2) is 41.0 Å². The van der Waals surface area contributed by atoms with E-state index in [-0.39, 0.29) is 24.3 Å². The molecule has 0 spiro atoms. The molecular weight excluding hydrogens is 422 g/mol. The van der Waals surface area contributed by atoms with Crippen molar-refractivity contribution in [2.45, 2.75) is 33.2 Å². The number of amides is 1. The third kappa shape index (κ3) is 4.35. The third-order valence-electron chi connectivity index (χ3n) is 5.68. The third-order valence-corrected chi connectivity index (χ3v) is 6.66. The fraction of sp³-hybridized carbons (Fsp3) is 0.391. The molecule has 0 atom stereocenters. The second kappa shape index (κ2) is 8.78. The molecule has 0 radical (unpaired) electrons. The molecule has 0 unspecified atom stereocenters. The molecule has 3 aromatic rings. The van der Waals surface area contributed by atoms with Crippen molar-refractivity contribution in [1.82, 2.24) is 9.47 Å². The highest BCUT2D eigenvalue weighted by atomic mass is 32.1. The summed E-state index contributed by atoms with van der Waals surface area (Å²) in [7, 11) is 0. The van der Waals surface area contributed by atoms with Gasteiger partial charge in [-0.2, -0.15) is 0 Å². The Kier molecular flexibility index (Phi) is 6.09. The van der Waals surface area contributed by atoms with Crippen LogP contribution in [0.15, 0.2) is 30.3 Å². The van der Waals surface area contributed by atoms with Gasteiger partial charge in [0, 0.05) is 29.6 Å². The van der Waals surface area contributed by atoms with Gasteiger partial charge in [0.1, 0.15) is 17.3 Å². The van der Waals surface area contributed by atoms with E-state index < -0.39 is 11.6 Å². The van der Waals surface area contributed by atoms with Crippen molar-refractivity contribution in [2.75, 3.05) is 19.7 Å². The van der Waals surface area contributed by atoms with Crippen molar-refractivity contribution in [2.24, 2.45) is 5.92 Å².